The molecule has 0 aromatic heterocycles. The first-order valence-electron chi connectivity index (χ1n) is 11.7. The monoisotopic (exact) mass is 482 g/mol. The lowest BCUT2D eigenvalue weighted by atomic mass is 9.47. The average molecular weight is 484 g/mol. The highest BCUT2D eigenvalue weighted by molar-refractivity contribution is 9.09. The zero-order chi connectivity index (χ0) is 21.0. The number of rotatable bonds is 4. The van der Waals surface area contributed by atoms with Crippen LogP contribution in [-0.2, 0) is 14.0 Å². The average Bonchev–Trinajstić information content (AvgIpc) is 2.98. The van der Waals surface area contributed by atoms with Crippen LogP contribution in [0.15, 0.2) is 11.6 Å². The summed E-state index contributed by atoms with van der Waals surface area (Å²) >= 11 is 3.66. The minimum atomic E-state index is -1.60. The third-order valence-electron chi connectivity index (χ3n) is 9.08. The number of alkyl halides is 1. The molecule has 0 N–H and O–H groups in total. The van der Waals surface area contributed by atoms with Crippen molar-refractivity contribution >= 4 is 30.2 Å². The van der Waals surface area contributed by atoms with E-state index in [1.807, 2.05) is 0 Å². The molecule has 0 spiro atoms. The zero-order valence-electron chi connectivity index (χ0n) is 18.9. The summed E-state index contributed by atoms with van der Waals surface area (Å²) in [6.45, 7) is 11.2. The summed E-state index contributed by atoms with van der Waals surface area (Å²) in [6, 6.07) is 0. The van der Waals surface area contributed by atoms with Crippen molar-refractivity contribution in [2.75, 3.05) is 4.95 Å². The third kappa shape index (κ3) is 3.82. The Morgan fingerprint density at radius 3 is 2.59 bits per heavy atom. The highest BCUT2D eigenvalue weighted by Gasteiger charge is 2.59. The maximum absolute atomic E-state index is 11.6. The zero-order valence-corrected chi connectivity index (χ0v) is 21.5. The van der Waals surface area contributed by atoms with Crippen molar-refractivity contribution in [3.05, 3.63) is 11.6 Å². The largest absolute Gasteiger partial charge is 0.462 e. The van der Waals surface area contributed by atoms with Crippen LogP contribution in [0.1, 0.15) is 72.1 Å². The lowest BCUT2D eigenvalue weighted by Gasteiger charge is -2.58. The third-order valence-corrected chi connectivity index (χ3v) is 14.7. The maximum Gasteiger partial charge on any atom is 0.302 e. The number of hydrogen-bond acceptors (Lipinski definition) is 3. The van der Waals surface area contributed by atoms with Gasteiger partial charge in [0, 0.05) is 17.3 Å². The normalized spacial score (nSPS) is 44.3. The molecule has 0 saturated heterocycles. The highest BCUT2D eigenvalue weighted by atomic mass is 79.9. The summed E-state index contributed by atoms with van der Waals surface area (Å²) in [5, 5.41) is 0. The smallest absolute Gasteiger partial charge is 0.302 e. The van der Waals surface area contributed by atoms with Gasteiger partial charge in [0.1, 0.15) is 6.10 Å². The molecule has 164 valence electrons. The highest BCUT2D eigenvalue weighted by Crippen LogP contribution is 2.65. The van der Waals surface area contributed by atoms with E-state index in [-0.39, 0.29) is 17.5 Å². The van der Waals surface area contributed by atoms with Gasteiger partial charge >= 0.3 is 5.97 Å². The van der Waals surface area contributed by atoms with E-state index < -0.39 is 8.32 Å². The number of halogens is 1. The molecule has 0 aromatic carbocycles. The summed E-state index contributed by atoms with van der Waals surface area (Å²) < 4.78 is 12.4. The summed E-state index contributed by atoms with van der Waals surface area (Å²) in [5.41, 5.74) is 2.23. The first-order chi connectivity index (χ1) is 13.6. The molecule has 4 aliphatic carbocycles. The van der Waals surface area contributed by atoms with E-state index >= 15 is 0 Å². The van der Waals surface area contributed by atoms with Gasteiger partial charge < -0.3 is 9.16 Å². The summed E-state index contributed by atoms with van der Waals surface area (Å²) in [7, 11) is -1.60. The Balaban J connectivity index is 1.53. The second-order valence-corrected chi connectivity index (χ2v) is 17.0. The minimum Gasteiger partial charge on any atom is -0.462 e. The van der Waals surface area contributed by atoms with E-state index in [9.17, 15) is 4.79 Å². The predicted molar refractivity (Wildman–Crippen MR) is 123 cm³/mol. The lowest BCUT2D eigenvalue weighted by Crippen LogP contribution is -2.52. The molecule has 3 saturated carbocycles. The number of ether oxygens (including phenoxy) is 1. The molecule has 29 heavy (non-hydrogen) atoms. The minimum absolute atomic E-state index is 0.104. The van der Waals surface area contributed by atoms with E-state index in [4.69, 9.17) is 9.16 Å². The molecule has 0 aliphatic heterocycles. The van der Waals surface area contributed by atoms with E-state index in [0.717, 1.165) is 29.1 Å². The molecule has 0 heterocycles. The Hall–Kier alpha value is -0.133. The fraction of sp³-hybridized carbons (Fsp3) is 0.875. The Labute approximate surface area is 186 Å². The van der Waals surface area contributed by atoms with Crippen molar-refractivity contribution in [3.63, 3.8) is 0 Å². The van der Waals surface area contributed by atoms with Gasteiger partial charge in [0.25, 0.3) is 0 Å². The Kier molecular flexibility index (Phi) is 5.92. The van der Waals surface area contributed by atoms with Crippen molar-refractivity contribution in [1.82, 2.24) is 0 Å². The van der Waals surface area contributed by atoms with Gasteiger partial charge in [-0.15, -0.1) is 0 Å². The van der Waals surface area contributed by atoms with Crippen LogP contribution in [0.25, 0.3) is 0 Å². The molecular weight excluding hydrogens is 444 g/mol. The number of hydrogen-bond donors (Lipinski definition) is 0. The molecule has 0 bridgehead atoms. The predicted octanol–water partition coefficient (Wildman–Crippen LogP) is 6.41. The fourth-order valence-electron chi connectivity index (χ4n) is 7.58. The molecule has 4 aliphatic rings. The van der Waals surface area contributed by atoms with Crippen molar-refractivity contribution in [2.24, 2.45) is 28.6 Å². The van der Waals surface area contributed by atoms with Crippen LogP contribution in [0.3, 0.4) is 0 Å². The van der Waals surface area contributed by atoms with Crippen LogP contribution in [0.2, 0.25) is 13.1 Å². The summed E-state index contributed by atoms with van der Waals surface area (Å²) in [4.78, 5) is 12.7. The van der Waals surface area contributed by atoms with Gasteiger partial charge in [-0.3, -0.25) is 4.79 Å². The van der Waals surface area contributed by atoms with E-state index in [1.165, 1.54) is 44.9 Å². The Morgan fingerprint density at radius 1 is 1.14 bits per heavy atom. The first kappa shape index (κ1) is 22.1. The molecule has 4 rings (SSSR count). The second-order valence-electron chi connectivity index (χ2n) is 11.3. The van der Waals surface area contributed by atoms with Crippen molar-refractivity contribution in [3.8, 4) is 0 Å². The van der Waals surface area contributed by atoms with Crippen LogP contribution in [0, 0.1) is 28.6 Å². The molecule has 3 nitrogen and oxygen atoms in total. The van der Waals surface area contributed by atoms with Gasteiger partial charge in [-0.1, -0.05) is 41.4 Å². The quantitative estimate of drug-likeness (QED) is 0.201. The van der Waals surface area contributed by atoms with Gasteiger partial charge in [-0.05, 0) is 87.6 Å². The SMILES string of the molecule is CC(=O)O[C@H]1CC[C@H]2[C@@H]3CCC4=C[C@@H](O[Si](C)(C)CBr)CC[C@]4(C)[C@H]3CC[C@]12C. The van der Waals surface area contributed by atoms with Crippen LogP contribution < -0.4 is 0 Å². The van der Waals surface area contributed by atoms with E-state index in [2.05, 4.69) is 48.9 Å². The lowest BCUT2D eigenvalue weighted by molar-refractivity contribution is -0.157. The van der Waals surface area contributed by atoms with Gasteiger partial charge in [0.05, 0.1) is 6.10 Å². The molecule has 3 fully saturated rings. The number of esters is 1. The maximum atomic E-state index is 11.6. The Bertz CT molecular complexity index is 692. The van der Waals surface area contributed by atoms with E-state index in [1.54, 1.807) is 12.5 Å². The number of carbonyl (C=O) groups excluding carboxylic acids is 1. The van der Waals surface area contributed by atoms with Crippen molar-refractivity contribution in [1.29, 1.82) is 0 Å². The molecule has 0 aromatic rings. The topological polar surface area (TPSA) is 35.5 Å². The van der Waals surface area contributed by atoms with Crippen LogP contribution in [0.5, 0.6) is 0 Å². The molecular formula is C24H39BrO3Si. The number of allylic oxidation sites excluding steroid dienone is 1. The van der Waals surface area contributed by atoms with Gasteiger partial charge in [-0.25, -0.2) is 0 Å². The molecule has 0 unspecified atom stereocenters. The molecule has 0 radical (unpaired) electrons. The fourth-order valence-corrected chi connectivity index (χ4v) is 9.04. The first-order valence-corrected chi connectivity index (χ1v) is 15.9. The van der Waals surface area contributed by atoms with E-state index in [0.29, 0.717) is 11.5 Å². The van der Waals surface area contributed by atoms with Crippen molar-refractivity contribution < 1.29 is 14.0 Å². The Morgan fingerprint density at radius 2 is 1.90 bits per heavy atom. The second kappa shape index (κ2) is 7.77. The molecule has 7 atom stereocenters. The van der Waals surface area contributed by atoms with Gasteiger partial charge in [0.2, 0.25) is 0 Å². The summed E-state index contributed by atoms with van der Waals surface area (Å²) in [5.74, 6) is 2.20. The molecule has 5 heteroatoms. The van der Waals surface area contributed by atoms with Crippen molar-refractivity contribution in [2.45, 2.75) is 97.4 Å². The van der Waals surface area contributed by atoms with Crippen LogP contribution in [-0.4, -0.2) is 31.4 Å². The number of fused-ring (bicyclic) bond motifs is 5. The van der Waals surface area contributed by atoms with Gasteiger partial charge in [0.15, 0.2) is 8.32 Å². The standard InChI is InChI=1S/C24H39BrO3Si/c1-16(26)27-22-9-8-20-19-7-6-17-14-18(28-29(4,5)15-25)10-12-23(17,2)21(19)11-13-24(20,22)3/h14,18-22H,6-13,15H2,1-5H3/t18-,19-,20-,21-,22-,23-,24-/m0/s1. The van der Waals surface area contributed by atoms with Gasteiger partial charge in [-0.2, -0.15) is 0 Å². The summed E-state index contributed by atoms with van der Waals surface area (Å²) in [6.07, 6.45) is 12.8. The van der Waals surface area contributed by atoms with Crippen LogP contribution in [0.4, 0.5) is 0 Å². The number of carbonyl (C=O) groups is 1. The van der Waals surface area contributed by atoms with Crippen LogP contribution >= 0.6 is 15.9 Å². The molecule has 0 amide bonds.